The zero-order valence-electron chi connectivity index (χ0n) is 12.2. The van der Waals surface area contributed by atoms with E-state index in [2.05, 4.69) is 6.92 Å². The molecule has 0 aromatic heterocycles. The van der Waals surface area contributed by atoms with Gasteiger partial charge in [-0.15, -0.1) is 0 Å². The first kappa shape index (κ1) is 14.1. The third-order valence-electron chi connectivity index (χ3n) is 3.56. The van der Waals surface area contributed by atoms with Crippen molar-refractivity contribution < 1.29 is 4.79 Å². The Labute approximate surface area is 120 Å². The lowest BCUT2D eigenvalue weighted by atomic mass is 10.1. The van der Waals surface area contributed by atoms with Gasteiger partial charge in [-0.3, -0.25) is 4.79 Å². The monoisotopic (exact) mass is 268 g/mol. The Bertz CT molecular complexity index is 617. The van der Waals surface area contributed by atoms with Gasteiger partial charge in [0.2, 0.25) is 0 Å². The summed E-state index contributed by atoms with van der Waals surface area (Å²) in [5.74, 6) is -0.0547. The second-order valence-electron chi connectivity index (χ2n) is 4.96. The van der Waals surface area contributed by atoms with Crippen LogP contribution in [0.5, 0.6) is 0 Å². The third-order valence-corrected chi connectivity index (χ3v) is 3.56. The summed E-state index contributed by atoms with van der Waals surface area (Å²) in [6.07, 6.45) is 0.992. The minimum atomic E-state index is -0.0547. The number of hydrogen-bond donors (Lipinski definition) is 1. The largest absolute Gasteiger partial charge is 0.398 e. The van der Waals surface area contributed by atoms with Crippen LogP contribution in [-0.4, -0.2) is 13.0 Å². The molecular weight excluding hydrogens is 248 g/mol. The van der Waals surface area contributed by atoms with Crippen LogP contribution in [0, 0.1) is 6.92 Å². The fraction of sp³-hybridized carbons (Fsp3) is 0.235. The Morgan fingerprint density at radius 3 is 2.35 bits per heavy atom. The predicted octanol–water partition coefficient (Wildman–Crippen LogP) is 3.42. The smallest absolute Gasteiger partial charge is 0.258 e. The van der Waals surface area contributed by atoms with Gasteiger partial charge in [0.25, 0.3) is 5.91 Å². The van der Waals surface area contributed by atoms with E-state index in [1.54, 1.807) is 18.0 Å². The maximum Gasteiger partial charge on any atom is 0.258 e. The van der Waals surface area contributed by atoms with E-state index in [0.29, 0.717) is 11.3 Å². The van der Waals surface area contributed by atoms with Crippen molar-refractivity contribution in [1.29, 1.82) is 0 Å². The van der Waals surface area contributed by atoms with Crippen LogP contribution < -0.4 is 10.6 Å². The van der Waals surface area contributed by atoms with Crippen molar-refractivity contribution in [3.8, 4) is 0 Å². The molecule has 0 saturated heterocycles. The molecule has 0 fully saturated rings. The van der Waals surface area contributed by atoms with Crippen molar-refractivity contribution in [3.05, 3.63) is 59.2 Å². The number of carbonyl (C=O) groups excluding carboxylic acids is 1. The molecule has 0 atom stereocenters. The second kappa shape index (κ2) is 5.78. The Kier molecular flexibility index (Phi) is 4.08. The number of nitrogens with zero attached hydrogens (tertiary/aromatic N) is 1. The molecule has 3 heteroatoms. The predicted molar refractivity (Wildman–Crippen MR) is 84.1 cm³/mol. The molecule has 2 aromatic carbocycles. The molecule has 0 unspecified atom stereocenters. The lowest BCUT2D eigenvalue weighted by molar-refractivity contribution is 0.0993. The molecule has 0 aliphatic carbocycles. The third kappa shape index (κ3) is 2.82. The molecule has 20 heavy (non-hydrogen) atoms. The summed E-state index contributed by atoms with van der Waals surface area (Å²) >= 11 is 0. The van der Waals surface area contributed by atoms with Gasteiger partial charge >= 0.3 is 0 Å². The first-order valence-electron chi connectivity index (χ1n) is 6.76. The van der Waals surface area contributed by atoms with Gasteiger partial charge in [-0.2, -0.15) is 0 Å². The van der Waals surface area contributed by atoms with E-state index in [4.69, 9.17) is 5.73 Å². The van der Waals surface area contributed by atoms with Gasteiger partial charge < -0.3 is 10.6 Å². The molecule has 0 aliphatic rings. The minimum absolute atomic E-state index is 0.0547. The molecule has 2 N–H and O–H groups in total. The molecule has 0 radical (unpaired) electrons. The number of rotatable bonds is 3. The van der Waals surface area contributed by atoms with E-state index in [1.807, 2.05) is 43.3 Å². The summed E-state index contributed by atoms with van der Waals surface area (Å²) < 4.78 is 0. The normalized spacial score (nSPS) is 10.3. The van der Waals surface area contributed by atoms with E-state index < -0.39 is 0 Å². The van der Waals surface area contributed by atoms with Crippen LogP contribution in [0.2, 0.25) is 0 Å². The maximum atomic E-state index is 12.4. The van der Waals surface area contributed by atoms with Gasteiger partial charge in [0.15, 0.2) is 0 Å². The molecular formula is C17H20N2O. The van der Waals surface area contributed by atoms with Gasteiger partial charge in [-0.25, -0.2) is 0 Å². The van der Waals surface area contributed by atoms with Crippen LogP contribution >= 0.6 is 0 Å². The molecule has 0 bridgehead atoms. The fourth-order valence-electron chi connectivity index (χ4n) is 2.04. The maximum absolute atomic E-state index is 12.4. The standard InChI is InChI=1S/C17H20N2O/c1-4-13-6-9-15(10-7-13)19(3)17(20)14-8-5-12(2)16(18)11-14/h5-11H,4,18H2,1-3H3. The molecule has 1 amide bonds. The van der Waals surface area contributed by atoms with E-state index >= 15 is 0 Å². The molecule has 0 saturated carbocycles. The van der Waals surface area contributed by atoms with E-state index in [9.17, 15) is 4.79 Å². The highest BCUT2D eigenvalue weighted by Crippen LogP contribution is 2.19. The van der Waals surface area contributed by atoms with Crippen molar-refractivity contribution in [2.24, 2.45) is 0 Å². The number of benzene rings is 2. The Balaban J connectivity index is 2.24. The topological polar surface area (TPSA) is 46.3 Å². The summed E-state index contributed by atoms with van der Waals surface area (Å²) in [4.78, 5) is 14.1. The average Bonchev–Trinajstić information content (AvgIpc) is 2.48. The Hall–Kier alpha value is -2.29. The zero-order valence-corrected chi connectivity index (χ0v) is 12.2. The number of anilines is 2. The van der Waals surface area contributed by atoms with Gasteiger partial charge in [-0.05, 0) is 48.7 Å². The second-order valence-corrected chi connectivity index (χ2v) is 4.96. The molecule has 2 aromatic rings. The average molecular weight is 268 g/mol. The molecule has 0 spiro atoms. The molecule has 104 valence electrons. The van der Waals surface area contributed by atoms with Crippen molar-refractivity contribution >= 4 is 17.3 Å². The van der Waals surface area contributed by atoms with Crippen LogP contribution in [0.15, 0.2) is 42.5 Å². The lowest BCUT2D eigenvalue weighted by Gasteiger charge is -2.18. The lowest BCUT2D eigenvalue weighted by Crippen LogP contribution is -2.26. The van der Waals surface area contributed by atoms with Crippen LogP contribution in [0.4, 0.5) is 11.4 Å². The molecule has 3 nitrogen and oxygen atoms in total. The van der Waals surface area contributed by atoms with Gasteiger partial charge in [0.1, 0.15) is 0 Å². The Morgan fingerprint density at radius 2 is 1.80 bits per heavy atom. The van der Waals surface area contributed by atoms with Crippen molar-refractivity contribution in [2.45, 2.75) is 20.3 Å². The highest BCUT2D eigenvalue weighted by molar-refractivity contribution is 6.06. The first-order chi connectivity index (χ1) is 9.52. The van der Waals surface area contributed by atoms with Crippen molar-refractivity contribution in [1.82, 2.24) is 0 Å². The molecule has 0 aliphatic heterocycles. The van der Waals surface area contributed by atoms with Crippen molar-refractivity contribution in [2.75, 3.05) is 17.7 Å². The summed E-state index contributed by atoms with van der Waals surface area (Å²) in [5.41, 5.74) is 10.2. The van der Waals surface area contributed by atoms with Gasteiger partial charge in [-0.1, -0.05) is 25.1 Å². The number of hydrogen-bond acceptors (Lipinski definition) is 2. The van der Waals surface area contributed by atoms with Crippen molar-refractivity contribution in [3.63, 3.8) is 0 Å². The Morgan fingerprint density at radius 1 is 1.15 bits per heavy atom. The van der Waals surface area contributed by atoms with E-state index in [1.165, 1.54) is 5.56 Å². The number of carbonyl (C=O) groups is 1. The quantitative estimate of drug-likeness (QED) is 0.867. The summed E-state index contributed by atoms with van der Waals surface area (Å²) in [7, 11) is 1.78. The fourth-order valence-corrected chi connectivity index (χ4v) is 2.04. The number of amides is 1. The SMILES string of the molecule is CCc1ccc(N(C)C(=O)c2ccc(C)c(N)c2)cc1. The number of nitrogens with two attached hydrogens (primary N) is 1. The van der Waals surface area contributed by atoms with Crippen LogP contribution in [0.25, 0.3) is 0 Å². The van der Waals surface area contributed by atoms with Crippen LogP contribution in [-0.2, 0) is 6.42 Å². The summed E-state index contributed by atoms with van der Waals surface area (Å²) in [6.45, 7) is 4.04. The van der Waals surface area contributed by atoms with E-state index in [0.717, 1.165) is 17.7 Å². The highest BCUT2D eigenvalue weighted by Gasteiger charge is 2.14. The first-order valence-corrected chi connectivity index (χ1v) is 6.76. The zero-order chi connectivity index (χ0) is 14.7. The van der Waals surface area contributed by atoms with E-state index in [-0.39, 0.29) is 5.91 Å². The summed E-state index contributed by atoms with van der Waals surface area (Å²) in [6, 6.07) is 13.4. The van der Waals surface area contributed by atoms with Gasteiger partial charge in [0.05, 0.1) is 0 Å². The molecule has 0 heterocycles. The minimum Gasteiger partial charge on any atom is -0.398 e. The highest BCUT2D eigenvalue weighted by atomic mass is 16.2. The van der Waals surface area contributed by atoms with Crippen LogP contribution in [0.1, 0.15) is 28.4 Å². The van der Waals surface area contributed by atoms with Crippen LogP contribution in [0.3, 0.4) is 0 Å². The number of aryl methyl sites for hydroxylation is 2. The molecule has 2 rings (SSSR count). The number of nitrogen functional groups attached to an aromatic ring is 1. The van der Waals surface area contributed by atoms with Gasteiger partial charge in [0, 0.05) is 24.0 Å². The summed E-state index contributed by atoms with van der Waals surface area (Å²) in [5, 5.41) is 0.